The van der Waals surface area contributed by atoms with Gasteiger partial charge in [-0.1, -0.05) is 19.5 Å². The average Bonchev–Trinajstić information content (AvgIpc) is 2.24. The standard InChI is InChI=1S/C12H18N2OSi/c1-16(2)10-4-3-9-14(16)13-11-5-7-12(15)8-6-11/h5-8H,3-4,9-10H2,1-2H3. The predicted molar refractivity (Wildman–Crippen MR) is 69.0 cm³/mol. The second kappa shape index (κ2) is 4.37. The minimum atomic E-state index is -1.33. The van der Waals surface area contributed by atoms with Crippen molar-refractivity contribution in [2.75, 3.05) is 6.54 Å². The third-order valence-electron chi connectivity index (χ3n) is 3.18. The summed E-state index contributed by atoms with van der Waals surface area (Å²) in [6.07, 6.45) is 9.35. The lowest BCUT2D eigenvalue weighted by atomic mass is 10.2. The molecule has 0 amide bonds. The molecule has 0 aromatic carbocycles. The van der Waals surface area contributed by atoms with Gasteiger partial charge in [0.25, 0.3) is 0 Å². The molecule has 3 nitrogen and oxygen atoms in total. The molecule has 1 aliphatic carbocycles. The van der Waals surface area contributed by atoms with Crippen molar-refractivity contribution < 1.29 is 4.79 Å². The Morgan fingerprint density at radius 1 is 1.19 bits per heavy atom. The molecule has 1 saturated heterocycles. The molecule has 86 valence electrons. The summed E-state index contributed by atoms with van der Waals surface area (Å²) < 4.78 is 2.29. The summed E-state index contributed by atoms with van der Waals surface area (Å²) in [4.78, 5) is 11.0. The number of hydrazone groups is 1. The molecule has 0 aromatic heterocycles. The van der Waals surface area contributed by atoms with E-state index < -0.39 is 8.24 Å². The van der Waals surface area contributed by atoms with Crippen LogP contribution in [0.3, 0.4) is 0 Å². The maximum atomic E-state index is 11.0. The van der Waals surface area contributed by atoms with Crippen molar-refractivity contribution in [2.45, 2.75) is 32.0 Å². The fraction of sp³-hybridized carbons (Fsp3) is 0.500. The molecular weight excluding hydrogens is 216 g/mol. The Hall–Kier alpha value is -1.16. The van der Waals surface area contributed by atoms with Crippen LogP contribution < -0.4 is 0 Å². The van der Waals surface area contributed by atoms with Crippen LogP contribution in [0.2, 0.25) is 19.1 Å². The zero-order valence-electron chi connectivity index (χ0n) is 9.94. The molecule has 16 heavy (non-hydrogen) atoms. The lowest BCUT2D eigenvalue weighted by Crippen LogP contribution is -2.48. The Bertz CT molecular complexity index is 364. The van der Waals surface area contributed by atoms with Crippen molar-refractivity contribution in [3.8, 4) is 0 Å². The van der Waals surface area contributed by atoms with Gasteiger partial charge in [-0.15, -0.1) is 0 Å². The van der Waals surface area contributed by atoms with Gasteiger partial charge in [0, 0.05) is 6.54 Å². The summed E-state index contributed by atoms with van der Waals surface area (Å²) in [5, 5.41) is 4.67. The highest BCUT2D eigenvalue weighted by Gasteiger charge is 2.31. The monoisotopic (exact) mass is 234 g/mol. The van der Waals surface area contributed by atoms with E-state index in [0.29, 0.717) is 0 Å². The smallest absolute Gasteiger partial charge is 0.178 e. The molecule has 0 spiro atoms. The van der Waals surface area contributed by atoms with Crippen LogP contribution >= 0.6 is 0 Å². The average molecular weight is 234 g/mol. The Morgan fingerprint density at radius 3 is 2.50 bits per heavy atom. The van der Waals surface area contributed by atoms with Gasteiger partial charge in [0.05, 0.1) is 5.71 Å². The first kappa shape index (κ1) is 11.3. The molecule has 0 N–H and O–H groups in total. The van der Waals surface area contributed by atoms with E-state index in [9.17, 15) is 4.79 Å². The maximum absolute atomic E-state index is 11.0. The highest BCUT2D eigenvalue weighted by Crippen LogP contribution is 2.25. The molecule has 1 heterocycles. The number of carbonyl (C=O) groups excluding carboxylic acids is 1. The summed E-state index contributed by atoms with van der Waals surface area (Å²) in [5.74, 6) is 0.0501. The minimum Gasteiger partial charge on any atom is -0.324 e. The van der Waals surface area contributed by atoms with Crippen molar-refractivity contribution in [1.82, 2.24) is 4.67 Å². The van der Waals surface area contributed by atoms with E-state index in [-0.39, 0.29) is 5.78 Å². The van der Waals surface area contributed by atoms with Gasteiger partial charge in [0.15, 0.2) is 14.0 Å². The second-order valence-electron chi connectivity index (χ2n) is 4.99. The van der Waals surface area contributed by atoms with Crippen molar-refractivity contribution in [1.29, 1.82) is 0 Å². The number of carbonyl (C=O) groups is 1. The van der Waals surface area contributed by atoms with Crippen LogP contribution in [-0.4, -0.2) is 30.9 Å². The molecule has 1 fully saturated rings. The van der Waals surface area contributed by atoms with Gasteiger partial charge in [-0.25, -0.2) is 0 Å². The van der Waals surface area contributed by atoms with Crippen LogP contribution in [0, 0.1) is 0 Å². The summed E-state index contributed by atoms with van der Waals surface area (Å²) in [6.45, 7) is 5.79. The van der Waals surface area contributed by atoms with Crippen LogP contribution in [0.1, 0.15) is 12.8 Å². The van der Waals surface area contributed by atoms with Crippen molar-refractivity contribution >= 4 is 19.7 Å². The van der Waals surface area contributed by atoms with E-state index in [0.717, 1.165) is 12.3 Å². The second-order valence-corrected chi connectivity index (χ2v) is 9.63. The molecule has 2 aliphatic rings. The summed E-state index contributed by atoms with van der Waals surface area (Å²) in [7, 11) is -1.33. The number of hydrogen-bond donors (Lipinski definition) is 0. The van der Waals surface area contributed by atoms with Gasteiger partial charge < -0.3 is 4.67 Å². The molecular formula is C12H18N2OSi. The third kappa shape index (κ3) is 2.50. The Morgan fingerprint density at radius 2 is 1.88 bits per heavy atom. The number of hydrogen-bond acceptors (Lipinski definition) is 3. The Kier molecular flexibility index (Phi) is 3.09. The van der Waals surface area contributed by atoms with E-state index in [1.807, 2.05) is 0 Å². The van der Waals surface area contributed by atoms with Gasteiger partial charge in [-0.3, -0.25) is 4.79 Å². The number of ketones is 1. The van der Waals surface area contributed by atoms with Gasteiger partial charge in [0.1, 0.15) is 0 Å². The van der Waals surface area contributed by atoms with E-state index in [1.54, 1.807) is 24.3 Å². The first-order chi connectivity index (χ1) is 7.58. The van der Waals surface area contributed by atoms with Crippen molar-refractivity contribution in [3.63, 3.8) is 0 Å². The zero-order chi connectivity index (χ0) is 11.6. The molecule has 0 aromatic rings. The topological polar surface area (TPSA) is 32.7 Å². The summed E-state index contributed by atoms with van der Waals surface area (Å²) in [5.41, 5.74) is 0.905. The van der Waals surface area contributed by atoms with E-state index >= 15 is 0 Å². The van der Waals surface area contributed by atoms with Crippen LogP contribution in [0.4, 0.5) is 0 Å². The molecule has 0 atom stereocenters. The van der Waals surface area contributed by atoms with E-state index in [1.165, 1.54) is 18.9 Å². The largest absolute Gasteiger partial charge is 0.324 e. The van der Waals surface area contributed by atoms with Crippen LogP contribution in [0.25, 0.3) is 0 Å². The minimum absolute atomic E-state index is 0.0501. The number of rotatable bonds is 1. The molecule has 1 aliphatic heterocycles. The number of allylic oxidation sites excluding steroid dienone is 4. The quantitative estimate of drug-likeness (QED) is 0.515. The van der Waals surface area contributed by atoms with Gasteiger partial charge in [-0.2, -0.15) is 5.10 Å². The van der Waals surface area contributed by atoms with Crippen LogP contribution in [-0.2, 0) is 4.79 Å². The lowest BCUT2D eigenvalue weighted by molar-refractivity contribution is -0.110. The first-order valence-corrected chi connectivity index (χ1v) is 9.00. The normalized spacial score (nSPS) is 23.8. The van der Waals surface area contributed by atoms with Gasteiger partial charge >= 0.3 is 0 Å². The lowest BCUT2D eigenvalue weighted by Gasteiger charge is -2.39. The van der Waals surface area contributed by atoms with Gasteiger partial charge in [0.2, 0.25) is 0 Å². The summed E-state index contributed by atoms with van der Waals surface area (Å²) >= 11 is 0. The molecule has 0 bridgehead atoms. The maximum Gasteiger partial charge on any atom is 0.178 e. The Balaban J connectivity index is 2.14. The highest BCUT2D eigenvalue weighted by molar-refractivity contribution is 6.74. The Labute approximate surface area is 97.6 Å². The van der Waals surface area contributed by atoms with Crippen molar-refractivity contribution in [3.05, 3.63) is 24.3 Å². The third-order valence-corrected chi connectivity index (χ3v) is 6.48. The zero-order valence-corrected chi connectivity index (χ0v) is 10.9. The van der Waals surface area contributed by atoms with Crippen LogP contribution in [0.5, 0.6) is 0 Å². The van der Waals surface area contributed by atoms with Crippen molar-refractivity contribution in [2.24, 2.45) is 5.10 Å². The fourth-order valence-electron chi connectivity index (χ4n) is 2.09. The molecule has 0 radical (unpaired) electrons. The predicted octanol–water partition coefficient (Wildman–Crippen LogP) is 2.34. The van der Waals surface area contributed by atoms with Gasteiger partial charge in [-0.05, 0) is 36.8 Å². The number of nitrogens with zero attached hydrogens (tertiary/aromatic N) is 2. The molecule has 4 heteroatoms. The summed E-state index contributed by atoms with van der Waals surface area (Å²) in [6, 6.07) is 1.32. The molecule has 2 rings (SSSR count). The first-order valence-electron chi connectivity index (χ1n) is 5.84. The SMILES string of the molecule is C[Si]1(C)CCCCN1N=C1C=CC(=O)C=C1. The molecule has 0 unspecified atom stereocenters. The van der Waals surface area contributed by atoms with E-state index in [4.69, 9.17) is 0 Å². The van der Waals surface area contributed by atoms with E-state index in [2.05, 4.69) is 22.9 Å². The molecule has 0 saturated carbocycles. The highest BCUT2D eigenvalue weighted by atomic mass is 28.3. The fourth-order valence-corrected chi connectivity index (χ4v) is 4.61. The van der Waals surface area contributed by atoms with Crippen LogP contribution in [0.15, 0.2) is 29.4 Å².